The van der Waals surface area contributed by atoms with Crippen LogP contribution in [0.25, 0.3) is 0 Å². The first-order chi connectivity index (χ1) is 4.61. The third-order valence-corrected chi connectivity index (χ3v) is 2.02. The number of aryl methyl sites for hydroxylation is 1. The number of nitrogens with one attached hydrogen (secondary N) is 1. The molecule has 0 spiro atoms. The van der Waals surface area contributed by atoms with Crippen molar-refractivity contribution in [2.45, 2.75) is 6.92 Å². The van der Waals surface area contributed by atoms with Gasteiger partial charge < -0.3 is 4.98 Å². The van der Waals surface area contributed by atoms with E-state index in [-0.39, 0.29) is 10.7 Å². The Labute approximate surface area is 70.6 Å². The molecule has 1 rings (SSSR count). The Morgan fingerprint density at radius 1 is 1.70 bits per heavy atom. The molecule has 54 valence electrons. The van der Waals surface area contributed by atoms with Gasteiger partial charge in [0.15, 0.2) is 5.15 Å². The standard InChI is InChI=1S/C5H4BrClN2O/c1-2-3(6)9-5(10)4(7)8-2/h1H3,(H,9,10). The van der Waals surface area contributed by atoms with Crippen molar-refractivity contribution in [2.24, 2.45) is 0 Å². The molecule has 0 unspecified atom stereocenters. The summed E-state index contributed by atoms with van der Waals surface area (Å²) in [6, 6.07) is 0. The van der Waals surface area contributed by atoms with Crippen LogP contribution in [0.1, 0.15) is 5.69 Å². The average molecular weight is 223 g/mol. The molecule has 0 atom stereocenters. The van der Waals surface area contributed by atoms with Gasteiger partial charge in [0.1, 0.15) is 4.60 Å². The normalized spacial score (nSPS) is 9.90. The highest BCUT2D eigenvalue weighted by atomic mass is 79.9. The quantitative estimate of drug-likeness (QED) is 0.724. The Hall–Kier alpha value is -0.350. The number of nitrogens with zero attached hydrogens (tertiary/aromatic N) is 1. The first-order valence-corrected chi connectivity index (χ1v) is 3.70. The lowest BCUT2D eigenvalue weighted by Gasteiger charge is -1.94. The van der Waals surface area contributed by atoms with E-state index in [1.54, 1.807) is 6.92 Å². The van der Waals surface area contributed by atoms with Crippen LogP contribution in [0.5, 0.6) is 0 Å². The molecule has 1 heterocycles. The van der Waals surface area contributed by atoms with Crippen LogP contribution in [-0.2, 0) is 0 Å². The number of H-pyrrole nitrogens is 1. The summed E-state index contributed by atoms with van der Waals surface area (Å²) in [4.78, 5) is 16.9. The number of rotatable bonds is 0. The van der Waals surface area contributed by atoms with Crippen LogP contribution >= 0.6 is 27.5 Å². The van der Waals surface area contributed by atoms with E-state index in [4.69, 9.17) is 11.6 Å². The number of aromatic nitrogens is 2. The van der Waals surface area contributed by atoms with Gasteiger partial charge in [0.25, 0.3) is 5.56 Å². The number of hydrogen-bond donors (Lipinski definition) is 1. The van der Waals surface area contributed by atoms with Crippen molar-refractivity contribution >= 4 is 27.5 Å². The van der Waals surface area contributed by atoms with Crippen molar-refractivity contribution in [3.05, 3.63) is 25.8 Å². The van der Waals surface area contributed by atoms with Crippen molar-refractivity contribution in [1.29, 1.82) is 0 Å². The van der Waals surface area contributed by atoms with E-state index in [1.165, 1.54) is 0 Å². The fourth-order valence-corrected chi connectivity index (χ4v) is 0.932. The summed E-state index contributed by atoms with van der Waals surface area (Å²) in [6.45, 7) is 1.74. The van der Waals surface area contributed by atoms with Gasteiger partial charge >= 0.3 is 0 Å². The largest absolute Gasteiger partial charge is 0.312 e. The van der Waals surface area contributed by atoms with Crippen LogP contribution < -0.4 is 5.56 Å². The van der Waals surface area contributed by atoms with E-state index < -0.39 is 0 Å². The van der Waals surface area contributed by atoms with Crippen LogP contribution in [0, 0.1) is 6.92 Å². The SMILES string of the molecule is Cc1nc(Cl)c(=O)[nH]c1Br. The summed E-state index contributed by atoms with van der Waals surface area (Å²) >= 11 is 8.51. The molecular weight excluding hydrogens is 219 g/mol. The molecule has 0 saturated carbocycles. The van der Waals surface area contributed by atoms with Crippen molar-refractivity contribution in [2.75, 3.05) is 0 Å². The van der Waals surface area contributed by atoms with Gasteiger partial charge in [-0.3, -0.25) is 4.79 Å². The molecule has 0 aliphatic rings. The highest BCUT2D eigenvalue weighted by Gasteiger charge is 2.00. The van der Waals surface area contributed by atoms with Crippen molar-refractivity contribution in [1.82, 2.24) is 9.97 Å². The lowest BCUT2D eigenvalue weighted by Crippen LogP contribution is -2.09. The van der Waals surface area contributed by atoms with Crippen LogP contribution in [0.4, 0.5) is 0 Å². The molecule has 10 heavy (non-hydrogen) atoms. The zero-order valence-corrected chi connectivity index (χ0v) is 7.45. The van der Waals surface area contributed by atoms with Crippen LogP contribution in [-0.4, -0.2) is 9.97 Å². The zero-order valence-electron chi connectivity index (χ0n) is 5.11. The molecule has 0 amide bonds. The zero-order chi connectivity index (χ0) is 7.72. The van der Waals surface area contributed by atoms with Crippen LogP contribution in [0.3, 0.4) is 0 Å². The number of aromatic amines is 1. The third kappa shape index (κ3) is 1.38. The third-order valence-electron chi connectivity index (χ3n) is 0.994. The number of hydrogen-bond acceptors (Lipinski definition) is 2. The van der Waals surface area contributed by atoms with E-state index in [1.807, 2.05) is 0 Å². The molecule has 1 N–H and O–H groups in total. The maximum absolute atomic E-state index is 10.7. The Kier molecular flexibility index (Phi) is 2.11. The van der Waals surface area contributed by atoms with E-state index in [0.717, 1.165) is 0 Å². The lowest BCUT2D eigenvalue weighted by atomic mass is 10.5. The first kappa shape index (κ1) is 7.75. The van der Waals surface area contributed by atoms with Gasteiger partial charge in [0, 0.05) is 0 Å². The summed E-state index contributed by atoms with van der Waals surface area (Å²) < 4.78 is 0.571. The van der Waals surface area contributed by atoms with E-state index in [2.05, 4.69) is 25.9 Å². The minimum atomic E-state index is -0.376. The fourth-order valence-electron chi connectivity index (χ4n) is 0.489. The fraction of sp³-hybridized carbons (Fsp3) is 0.200. The Bertz CT molecular complexity index is 309. The first-order valence-electron chi connectivity index (χ1n) is 2.53. The van der Waals surface area contributed by atoms with Gasteiger partial charge in [-0.2, -0.15) is 0 Å². The second-order valence-corrected chi connectivity index (χ2v) is 2.91. The summed E-state index contributed by atoms with van der Waals surface area (Å²) in [7, 11) is 0. The molecule has 1 aromatic rings. The minimum absolute atomic E-state index is 0.0271. The molecule has 1 aromatic heterocycles. The maximum Gasteiger partial charge on any atom is 0.286 e. The van der Waals surface area contributed by atoms with Gasteiger partial charge in [-0.25, -0.2) is 4.98 Å². The predicted molar refractivity (Wildman–Crippen MR) is 42.3 cm³/mol. The molecule has 0 radical (unpaired) electrons. The Balaban J connectivity index is 3.43. The summed E-state index contributed by atoms with van der Waals surface area (Å²) in [6.07, 6.45) is 0. The summed E-state index contributed by atoms with van der Waals surface area (Å²) in [5.74, 6) is 0. The van der Waals surface area contributed by atoms with Crippen LogP contribution in [0.15, 0.2) is 9.40 Å². The molecule has 0 fully saturated rings. The number of halogens is 2. The summed E-state index contributed by atoms with van der Waals surface area (Å²) in [5.41, 5.74) is 0.295. The minimum Gasteiger partial charge on any atom is -0.312 e. The molecule has 0 saturated heterocycles. The van der Waals surface area contributed by atoms with Crippen molar-refractivity contribution in [3.63, 3.8) is 0 Å². The Morgan fingerprint density at radius 3 is 2.80 bits per heavy atom. The highest BCUT2D eigenvalue weighted by molar-refractivity contribution is 9.10. The van der Waals surface area contributed by atoms with E-state index in [9.17, 15) is 4.79 Å². The maximum atomic E-state index is 10.7. The second kappa shape index (κ2) is 2.72. The summed E-state index contributed by atoms with van der Waals surface area (Å²) in [5, 5.41) is -0.0271. The van der Waals surface area contributed by atoms with E-state index in [0.29, 0.717) is 10.3 Å². The monoisotopic (exact) mass is 222 g/mol. The lowest BCUT2D eigenvalue weighted by molar-refractivity contribution is 1.04. The smallest absolute Gasteiger partial charge is 0.286 e. The molecule has 0 aliphatic carbocycles. The van der Waals surface area contributed by atoms with Gasteiger partial charge in [0.2, 0.25) is 0 Å². The molecule has 5 heteroatoms. The predicted octanol–water partition coefficient (Wildman–Crippen LogP) is 1.49. The molecule has 0 aliphatic heterocycles. The van der Waals surface area contributed by atoms with Gasteiger partial charge in [-0.05, 0) is 22.9 Å². The molecular formula is C5H4BrClN2O. The highest BCUT2D eigenvalue weighted by Crippen LogP contribution is 2.08. The van der Waals surface area contributed by atoms with Gasteiger partial charge in [-0.15, -0.1) is 0 Å². The second-order valence-electron chi connectivity index (χ2n) is 1.76. The van der Waals surface area contributed by atoms with Crippen LogP contribution in [0.2, 0.25) is 5.15 Å². The van der Waals surface area contributed by atoms with Gasteiger partial charge in [0.05, 0.1) is 5.69 Å². The van der Waals surface area contributed by atoms with Crippen molar-refractivity contribution < 1.29 is 0 Å². The van der Waals surface area contributed by atoms with Gasteiger partial charge in [-0.1, -0.05) is 11.6 Å². The molecule has 0 bridgehead atoms. The Morgan fingerprint density at radius 2 is 2.30 bits per heavy atom. The topological polar surface area (TPSA) is 45.8 Å². The van der Waals surface area contributed by atoms with E-state index >= 15 is 0 Å². The molecule has 3 nitrogen and oxygen atoms in total. The average Bonchev–Trinajstić information content (AvgIpc) is 1.84. The van der Waals surface area contributed by atoms with Crippen molar-refractivity contribution in [3.8, 4) is 0 Å². The molecule has 0 aromatic carbocycles.